The Morgan fingerprint density at radius 3 is 2.93 bits per heavy atom. The molecule has 0 amide bonds. The van der Waals surface area contributed by atoms with Crippen LogP contribution in [0.4, 0.5) is 4.39 Å². The molecule has 7 nitrogen and oxygen atoms in total. The van der Waals surface area contributed by atoms with Gasteiger partial charge in [0.15, 0.2) is 0 Å². The van der Waals surface area contributed by atoms with E-state index < -0.39 is 28.0 Å². The summed E-state index contributed by atoms with van der Waals surface area (Å²) in [4.78, 5) is 6.83. The normalized spacial score (nSPS) is 20.2. The van der Waals surface area contributed by atoms with E-state index in [0.717, 1.165) is 5.56 Å². The highest BCUT2D eigenvalue weighted by Gasteiger charge is 2.34. The summed E-state index contributed by atoms with van der Waals surface area (Å²) in [7, 11) is -2.43. The van der Waals surface area contributed by atoms with Crippen molar-refractivity contribution >= 4 is 20.9 Å². The standard InChI is InChI=1S/C18H18FN3O4S/c1-25-16-6-5-11(9-21-16)18-14(7-8-26-18)22-27(23,24)15-10-20-13-4-2-3-12(19)17(13)15/h2-6,9-10,14,18,20,22H,7-8H2,1H3/t14-,18+/m0/s1. The largest absolute Gasteiger partial charge is 0.481 e. The molecule has 0 aliphatic carbocycles. The first-order chi connectivity index (χ1) is 13.0. The first kappa shape index (κ1) is 17.9. The van der Waals surface area contributed by atoms with Crippen molar-refractivity contribution < 1.29 is 22.3 Å². The van der Waals surface area contributed by atoms with Crippen LogP contribution in [0, 0.1) is 5.82 Å². The van der Waals surface area contributed by atoms with Gasteiger partial charge in [-0.3, -0.25) is 0 Å². The number of methoxy groups -OCH3 is 1. The molecule has 0 bridgehead atoms. The average Bonchev–Trinajstić information content (AvgIpc) is 3.29. The minimum absolute atomic E-state index is 0.0478. The predicted molar refractivity (Wildman–Crippen MR) is 96.5 cm³/mol. The molecular formula is C18H18FN3O4S. The summed E-state index contributed by atoms with van der Waals surface area (Å²) in [6, 6.07) is 7.38. The van der Waals surface area contributed by atoms with Crippen LogP contribution in [-0.2, 0) is 14.8 Å². The van der Waals surface area contributed by atoms with E-state index in [1.165, 1.54) is 25.4 Å². The quantitative estimate of drug-likeness (QED) is 0.697. The van der Waals surface area contributed by atoms with Crippen molar-refractivity contribution in [3.8, 4) is 5.88 Å². The van der Waals surface area contributed by atoms with Crippen LogP contribution < -0.4 is 9.46 Å². The number of nitrogens with one attached hydrogen (secondary N) is 2. The van der Waals surface area contributed by atoms with Gasteiger partial charge in [-0.2, -0.15) is 0 Å². The summed E-state index contributed by atoms with van der Waals surface area (Å²) < 4.78 is 53.4. The van der Waals surface area contributed by atoms with Gasteiger partial charge in [0, 0.05) is 36.1 Å². The summed E-state index contributed by atoms with van der Waals surface area (Å²) in [6.07, 6.45) is 2.92. The van der Waals surface area contributed by atoms with Gasteiger partial charge in [0.1, 0.15) is 16.8 Å². The lowest BCUT2D eigenvalue weighted by atomic mass is 10.1. The molecule has 0 spiro atoms. The Kier molecular flexibility index (Phi) is 4.58. The molecule has 2 N–H and O–H groups in total. The lowest BCUT2D eigenvalue weighted by Gasteiger charge is -2.20. The van der Waals surface area contributed by atoms with Crippen molar-refractivity contribution in [2.75, 3.05) is 13.7 Å². The molecule has 1 fully saturated rings. The van der Waals surface area contributed by atoms with Gasteiger partial charge in [-0.25, -0.2) is 22.5 Å². The van der Waals surface area contributed by atoms with Gasteiger partial charge in [0.05, 0.1) is 18.5 Å². The average molecular weight is 391 g/mol. The maximum absolute atomic E-state index is 14.2. The third-order valence-corrected chi connectivity index (χ3v) is 6.12. The number of aromatic nitrogens is 2. The molecule has 3 heterocycles. The SMILES string of the molecule is COc1ccc([C@H]2OCC[C@@H]2NS(=O)(=O)c2c[nH]c3cccc(F)c23)cn1. The maximum atomic E-state index is 14.2. The van der Waals surface area contributed by atoms with Crippen LogP contribution in [0.1, 0.15) is 18.1 Å². The van der Waals surface area contributed by atoms with E-state index in [-0.39, 0.29) is 10.3 Å². The summed E-state index contributed by atoms with van der Waals surface area (Å²) in [5.41, 5.74) is 1.17. The Morgan fingerprint density at radius 1 is 1.33 bits per heavy atom. The van der Waals surface area contributed by atoms with Crippen LogP contribution >= 0.6 is 0 Å². The van der Waals surface area contributed by atoms with Gasteiger partial charge in [-0.15, -0.1) is 0 Å². The number of nitrogens with zero attached hydrogens (tertiary/aromatic N) is 1. The van der Waals surface area contributed by atoms with Crippen LogP contribution in [0.15, 0.2) is 47.6 Å². The third-order valence-electron chi connectivity index (χ3n) is 4.60. The van der Waals surface area contributed by atoms with Crippen molar-refractivity contribution in [3.05, 3.63) is 54.1 Å². The number of H-pyrrole nitrogens is 1. The lowest BCUT2D eigenvalue weighted by molar-refractivity contribution is 0.102. The van der Waals surface area contributed by atoms with Crippen LogP contribution in [-0.4, -0.2) is 38.1 Å². The molecule has 1 aliphatic heterocycles. The molecule has 2 atom stereocenters. The Balaban J connectivity index is 1.63. The van der Waals surface area contributed by atoms with Crippen LogP contribution in [0.2, 0.25) is 0 Å². The molecule has 1 aromatic carbocycles. The van der Waals surface area contributed by atoms with Gasteiger partial charge in [0.2, 0.25) is 15.9 Å². The zero-order valence-corrected chi connectivity index (χ0v) is 15.3. The predicted octanol–water partition coefficient (Wildman–Crippen LogP) is 2.52. The molecule has 3 aromatic rings. The molecule has 0 saturated carbocycles. The summed E-state index contributed by atoms with van der Waals surface area (Å²) >= 11 is 0. The highest BCUT2D eigenvalue weighted by atomic mass is 32.2. The molecule has 1 saturated heterocycles. The van der Waals surface area contributed by atoms with Gasteiger partial charge in [-0.1, -0.05) is 6.07 Å². The highest BCUT2D eigenvalue weighted by Crippen LogP contribution is 2.32. The molecular weight excluding hydrogens is 373 g/mol. The zero-order chi connectivity index (χ0) is 19.0. The van der Waals surface area contributed by atoms with E-state index in [2.05, 4.69) is 14.7 Å². The van der Waals surface area contributed by atoms with Crippen LogP contribution in [0.5, 0.6) is 5.88 Å². The van der Waals surface area contributed by atoms with Crippen molar-refractivity contribution in [2.45, 2.75) is 23.5 Å². The second-order valence-corrected chi connectivity index (χ2v) is 7.94. The number of aromatic amines is 1. The van der Waals surface area contributed by atoms with E-state index in [9.17, 15) is 12.8 Å². The van der Waals surface area contributed by atoms with Crippen molar-refractivity contribution in [1.29, 1.82) is 0 Å². The molecule has 2 aromatic heterocycles. The Hall–Kier alpha value is -2.49. The molecule has 27 heavy (non-hydrogen) atoms. The Labute approximate surface area is 155 Å². The summed E-state index contributed by atoms with van der Waals surface area (Å²) in [5.74, 6) is -0.129. The number of hydrogen-bond donors (Lipinski definition) is 2. The van der Waals surface area contributed by atoms with Gasteiger partial charge in [-0.05, 0) is 24.6 Å². The monoisotopic (exact) mass is 391 g/mol. The van der Waals surface area contributed by atoms with Crippen molar-refractivity contribution in [2.24, 2.45) is 0 Å². The maximum Gasteiger partial charge on any atom is 0.243 e. The first-order valence-electron chi connectivity index (χ1n) is 8.39. The van der Waals surface area contributed by atoms with Crippen LogP contribution in [0.3, 0.4) is 0 Å². The molecule has 0 unspecified atom stereocenters. The number of sulfonamides is 1. The molecule has 0 radical (unpaired) electrons. The highest BCUT2D eigenvalue weighted by molar-refractivity contribution is 7.89. The van der Waals surface area contributed by atoms with E-state index in [1.807, 2.05) is 0 Å². The van der Waals surface area contributed by atoms with E-state index in [4.69, 9.17) is 9.47 Å². The number of fused-ring (bicyclic) bond motifs is 1. The minimum Gasteiger partial charge on any atom is -0.481 e. The number of pyridine rings is 1. The van der Waals surface area contributed by atoms with Crippen molar-refractivity contribution in [3.63, 3.8) is 0 Å². The third kappa shape index (κ3) is 3.29. The first-order valence-corrected chi connectivity index (χ1v) is 9.87. The summed E-state index contributed by atoms with van der Waals surface area (Å²) in [5, 5.41) is 0.0478. The Bertz CT molecular complexity index is 1070. The topological polar surface area (TPSA) is 93.3 Å². The zero-order valence-electron chi connectivity index (χ0n) is 14.5. The number of hydrogen-bond acceptors (Lipinski definition) is 5. The van der Waals surface area contributed by atoms with Crippen LogP contribution in [0.25, 0.3) is 10.9 Å². The molecule has 4 rings (SSSR count). The fourth-order valence-corrected chi connectivity index (χ4v) is 4.76. The van der Waals surface area contributed by atoms with E-state index in [0.29, 0.717) is 24.4 Å². The molecule has 1 aliphatic rings. The van der Waals surface area contributed by atoms with E-state index >= 15 is 0 Å². The van der Waals surface area contributed by atoms with E-state index in [1.54, 1.807) is 24.4 Å². The number of rotatable bonds is 5. The van der Waals surface area contributed by atoms with Crippen molar-refractivity contribution in [1.82, 2.24) is 14.7 Å². The fraction of sp³-hybridized carbons (Fsp3) is 0.278. The minimum atomic E-state index is -3.95. The smallest absolute Gasteiger partial charge is 0.243 e. The second-order valence-electron chi connectivity index (χ2n) is 6.26. The van der Waals surface area contributed by atoms with Gasteiger partial charge >= 0.3 is 0 Å². The second kappa shape index (κ2) is 6.91. The number of benzene rings is 1. The lowest BCUT2D eigenvalue weighted by Crippen LogP contribution is -2.36. The number of halogens is 1. The van der Waals surface area contributed by atoms with Gasteiger partial charge < -0.3 is 14.5 Å². The Morgan fingerprint density at radius 2 is 2.19 bits per heavy atom. The van der Waals surface area contributed by atoms with Gasteiger partial charge in [0.25, 0.3) is 0 Å². The molecule has 9 heteroatoms. The number of ether oxygens (including phenoxy) is 2. The fourth-order valence-electron chi connectivity index (χ4n) is 3.30. The molecule has 142 valence electrons. The summed E-state index contributed by atoms with van der Waals surface area (Å²) in [6.45, 7) is 0.409.